The maximum atomic E-state index is 11.2. The van der Waals surface area contributed by atoms with Gasteiger partial charge >= 0.3 is 0 Å². The molecule has 0 saturated carbocycles. The highest BCUT2D eigenvalue weighted by Gasteiger charge is 2.48. The van der Waals surface area contributed by atoms with Crippen molar-refractivity contribution in [3.63, 3.8) is 0 Å². The van der Waals surface area contributed by atoms with E-state index in [0.717, 1.165) is 16.6 Å². The van der Waals surface area contributed by atoms with Crippen LogP contribution in [-0.4, -0.2) is 28.5 Å². The first kappa shape index (κ1) is 13.8. The van der Waals surface area contributed by atoms with Crippen LogP contribution in [0.15, 0.2) is 18.2 Å². The van der Waals surface area contributed by atoms with Gasteiger partial charge in [0.25, 0.3) is 5.69 Å². The number of quaternary nitrogens is 1. The number of hydrogen-bond donors (Lipinski definition) is 0. The molecular formula is C15H20ClN2O2+. The predicted octanol–water partition coefficient (Wildman–Crippen LogP) is 3.91. The molecule has 0 N–H and O–H groups in total. The number of fused-ring (bicyclic) bond motifs is 2. The molecule has 2 atom stereocenters. The lowest BCUT2D eigenvalue weighted by Gasteiger charge is -2.44. The number of nitro groups is 1. The van der Waals surface area contributed by atoms with Crippen molar-refractivity contribution in [2.24, 2.45) is 0 Å². The molecule has 108 valence electrons. The highest BCUT2D eigenvalue weighted by molar-refractivity contribution is 6.30. The number of nitrogens with zero attached hydrogens (tertiary/aromatic N) is 2. The van der Waals surface area contributed by atoms with Crippen LogP contribution in [0.3, 0.4) is 0 Å². The summed E-state index contributed by atoms with van der Waals surface area (Å²) in [6.45, 7) is 0.753. The molecule has 3 rings (SSSR count). The van der Waals surface area contributed by atoms with Crippen molar-refractivity contribution in [3.05, 3.63) is 38.9 Å². The fourth-order valence-electron chi connectivity index (χ4n) is 4.21. The van der Waals surface area contributed by atoms with E-state index in [9.17, 15) is 10.1 Å². The molecule has 0 radical (unpaired) electrons. The summed E-state index contributed by atoms with van der Waals surface area (Å²) in [5.41, 5.74) is 0.988. The molecule has 5 heteroatoms. The molecule has 2 aliphatic rings. The van der Waals surface area contributed by atoms with Crippen LogP contribution >= 0.6 is 11.6 Å². The third kappa shape index (κ3) is 2.21. The minimum absolute atomic E-state index is 0.168. The summed E-state index contributed by atoms with van der Waals surface area (Å²) in [5, 5.41) is 11.7. The Kier molecular flexibility index (Phi) is 3.46. The lowest BCUT2D eigenvalue weighted by Crippen LogP contribution is -2.55. The zero-order chi connectivity index (χ0) is 14.3. The first-order valence-corrected chi connectivity index (χ1v) is 7.66. The second-order valence-electron chi connectivity index (χ2n) is 6.35. The summed E-state index contributed by atoms with van der Waals surface area (Å²) in [4.78, 5) is 10.9. The number of benzene rings is 1. The molecule has 2 heterocycles. The van der Waals surface area contributed by atoms with E-state index in [1.807, 2.05) is 6.07 Å². The zero-order valence-corrected chi connectivity index (χ0v) is 12.5. The van der Waals surface area contributed by atoms with Crippen molar-refractivity contribution in [1.82, 2.24) is 0 Å². The SMILES string of the molecule is C[N+]1(Cc2ccc(Cl)cc2[N+](=O)[O-])C2CCCC1CC2. The molecule has 0 spiro atoms. The Labute approximate surface area is 124 Å². The van der Waals surface area contributed by atoms with E-state index >= 15 is 0 Å². The normalized spacial score (nSPS) is 32.3. The molecule has 0 aliphatic carbocycles. The molecule has 0 aromatic heterocycles. The van der Waals surface area contributed by atoms with Gasteiger partial charge in [-0.1, -0.05) is 11.6 Å². The van der Waals surface area contributed by atoms with Gasteiger partial charge in [0.15, 0.2) is 0 Å². The number of rotatable bonds is 3. The van der Waals surface area contributed by atoms with Gasteiger partial charge in [-0.05, 0) is 31.4 Å². The van der Waals surface area contributed by atoms with E-state index in [0.29, 0.717) is 17.1 Å². The summed E-state index contributed by atoms with van der Waals surface area (Å²) < 4.78 is 0.975. The van der Waals surface area contributed by atoms with Crippen LogP contribution in [0, 0.1) is 10.1 Å². The lowest BCUT2D eigenvalue weighted by atomic mass is 9.98. The molecule has 2 bridgehead atoms. The van der Waals surface area contributed by atoms with E-state index in [4.69, 9.17) is 11.6 Å². The van der Waals surface area contributed by atoms with Gasteiger partial charge in [-0.25, -0.2) is 0 Å². The standard InChI is InChI=1S/C15H20ClN2O2/c1-18(13-3-2-4-14(18)8-7-13)10-11-5-6-12(16)9-15(11)17(19)20/h5-6,9,13-14H,2-4,7-8,10H2,1H3/q+1. The van der Waals surface area contributed by atoms with Crippen LogP contribution in [0.1, 0.15) is 37.7 Å². The Morgan fingerprint density at radius 3 is 2.55 bits per heavy atom. The topological polar surface area (TPSA) is 43.1 Å². The molecule has 4 nitrogen and oxygen atoms in total. The number of nitro benzene ring substituents is 1. The van der Waals surface area contributed by atoms with Crippen LogP contribution in [0.4, 0.5) is 5.69 Å². The van der Waals surface area contributed by atoms with E-state index in [2.05, 4.69) is 7.05 Å². The van der Waals surface area contributed by atoms with E-state index in [-0.39, 0.29) is 10.6 Å². The first-order chi connectivity index (χ1) is 9.50. The Morgan fingerprint density at radius 1 is 1.30 bits per heavy atom. The Balaban J connectivity index is 1.93. The average molecular weight is 296 g/mol. The fourth-order valence-corrected chi connectivity index (χ4v) is 4.37. The quantitative estimate of drug-likeness (QED) is 0.482. The van der Waals surface area contributed by atoms with Gasteiger partial charge in [0.2, 0.25) is 0 Å². The summed E-state index contributed by atoms with van der Waals surface area (Å²) in [6.07, 6.45) is 6.36. The van der Waals surface area contributed by atoms with Crippen molar-refractivity contribution in [2.45, 2.75) is 50.7 Å². The Bertz CT molecular complexity index is 531. The minimum Gasteiger partial charge on any atom is -0.317 e. The largest absolute Gasteiger partial charge is 0.317 e. The monoisotopic (exact) mass is 295 g/mol. The highest BCUT2D eigenvalue weighted by Crippen LogP contribution is 2.43. The van der Waals surface area contributed by atoms with Gasteiger partial charge in [-0.15, -0.1) is 0 Å². The van der Waals surface area contributed by atoms with Crippen LogP contribution in [0.25, 0.3) is 0 Å². The fraction of sp³-hybridized carbons (Fsp3) is 0.600. The zero-order valence-electron chi connectivity index (χ0n) is 11.7. The second kappa shape index (κ2) is 5.01. The van der Waals surface area contributed by atoms with Gasteiger partial charge in [0, 0.05) is 23.9 Å². The minimum atomic E-state index is -0.306. The maximum Gasteiger partial charge on any atom is 0.279 e. The summed E-state index contributed by atoms with van der Waals surface area (Å²) in [5.74, 6) is 0. The van der Waals surface area contributed by atoms with Gasteiger partial charge in [-0.2, -0.15) is 0 Å². The number of halogens is 1. The van der Waals surface area contributed by atoms with E-state index in [1.54, 1.807) is 6.07 Å². The van der Waals surface area contributed by atoms with E-state index < -0.39 is 0 Å². The van der Waals surface area contributed by atoms with Crippen molar-refractivity contribution < 1.29 is 9.41 Å². The third-order valence-corrected chi connectivity index (χ3v) is 5.57. The molecular weight excluding hydrogens is 276 g/mol. The van der Waals surface area contributed by atoms with Crippen molar-refractivity contribution >= 4 is 17.3 Å². The maximum absolute atomic E-state index is 11.2. The molecule has 2 unspecified atom stereocenters. The number of piperidine rings is 1. The van der Waals surface area contributed by atoms with E-state index in [1.165, 1.54) is 38.2 Å². The highest BCUT2D eigenvalue weighted by atomic mass is 35.5. The second-order valence-corrected chi connectivity index (χ2v) is 6.79. The molecule has 0 amide bonds. The van der Waals surface area contributed by atoms with Gasteiger partial charge < -0.3 is 4.48 Å². The summed E-state index contributed by atoms with van der Waals surface area (Å²) >= 11 is 5.90. The molecule has 2 fully saturated rings. The smallest absolute Gasteiger partial charge is 0.279 e. The molecule has 1 aromatic carbocycles. The first-order valence-electron chi connectivity index (χ1n) is 7.28. The lowest BCUT2D eigenvalue weighted by molar-refractivity contribution is -0.960. The Morgan fingerprint density at radius 2 is 1.95 bits per heavy atom. The molecule has 2 aliphatic heterocycles. The third-order valence-electron chi connectivity index (χ3n) is 5.33. The van der Waals surface area contributed by atoms with Crippen molar-refractivity contribution in [1.29, 1.82) is 0 Å². The van der Waals surface area contributed by atoms with Gasteiger partial charge in [0.05, 0.1) is 29.6 Å². The average Bonchev–Trinajstić information content (AvgIpc) is 2.60. The molecule has 1 aromatic rings. The van der Waals surface area contributed by atoms with Crippen molar-refractivity contribution in [3.8, 4) is 0 Å². The molecule has 2 saturated heterocycles. The number of hydrogen-bond acceptors (Lipinski definition) is 2. The Hall–Kier alpha value is -1.13. The summed E-state index contributed by atoms with van der Waals surface area (Å²) in [6, 6.07) is 6.42. The van der Waals surface area contributed by atoms with Crippen molar-refractivity contribution in [2.75, 3.05) is 7.05 Å². The predicted molar refractivity (Wildman–Crippen MR) is 78.7 cm³/mol. The molecule has 20 heavy (non-hydrogen) atoms. The van der Waals surface area contributed by atoms with Crippen LogP contribution in [0.5, 0.6) is 0 Å². The van der Waals surface area contributed by atoms with Crippen LogP contribution in [0.2, 0.25) is 5.02 Å². The summed E-state index contributed by atoms with van der Waals surface area (Å²) in [7, 11) is 2.28. The van der Waals surface area contributed by atoms with Gasteiger partial charge in [-0.3, -0.25) is 10.1 Å². The van der Waals surface area contributed by atoms with Crippen LogP contribution in [-0.2, 0) is 6.54 Å². The van der Waals surface area contributed by atoms with Gasteiger partial charge in [0.1, 0.15) is 6.54 Å². The van der Waals surface area contributed by atoms with Crippen LogP contribution < -0.4 is 0 Å².